The van der Waals surface area contributed by atoms with Gasteiger partial charge in [0.25, 0.3) is 5.91 Å². The van der Waals surface area contributed by atoms with E-state index in [1.54, 1.807) is 31.5 Å². The van der Waals surface area contributed by atoms with Gasteiger partial charge in [0.2, 0.25) is 0 Å². The smallest absolute Gasteiger partial charge is 0.261 e. The van der Waals surface area contributed by atoms with Crippen molar-refractivity contribution in [2.45, 2.75) is 39.3 Å². The molecule has 1 aromatic rings. The number of hydrogen-bond donors (Lipinski definition) is 2. The number of carbonyl (C=O) groups is 1. The molecule has 1 rings (SSSR count). The van der Waals surface area contributed by atoms with Crippen LogP contribution in [0.4, 0.5) is 0 Å². The van der Waals surface area contributed by atoms with Gasteiger partial charge in [-0.15, -0.1) is 0 Å². The molecule has 0 saturated carbocycles. The van der Waals surface area contributed by atoms with Gasteiger partial charge < -0.3 is 15.8 Å². The van der Waals surface area contributed by atoms with Crippen molar-refractivity contribution in [1.82, 2.24) is 10.3 Å². The molecule has 3 N–H and O–H groups in total. The van der Waals surface area contributed by atoms with Crippen LogP contribution in [-0.2, 0) is 4.79 Å². The van der Waals surface area contributed by atoms with Crippen molar-refractivity contribution in [2.75, 3.05) is 6.54 Å². The van der Waals surface area contributed by atoms with Crippen LogP contribution in [-0.4, -0.2) is 29.6 Å². The van der Waals surface area contributed by atoms with Gasteiger partial charge in [-0.1, -0.05) is 13.8 Å². The molecule has 0 bridgehead atoms. The van der Waals surface area contributed by atoms with Gasteiger partial charge in [-0.3, -0.25) is 9.78 Å². The fraction of sp³-hybridized carbons (Fsp3) is 0.571. The molecule has 2 atom stereocenters. The first-order chi connectivity index (χ1) is 9.02. The van der Waals surface area contributed by atoms with Crippen LogP contribution in [0.25, 0.3) is 0 Å². The second-order valence-corrected chi connectivity index (χ2v) is 5.02. The summed E-state index contributed by atoms with van der Waals surface area (Å²) in [7, 11) is 0. The minimum Gasteiger partial charge on any atom is -0.479 e. The number of hydrogen-bond acceptors (Lipinski definition) is 4. The lowest BCUT2D eigenvalue weighted by Gasteiger charge is -2.21. The van der Waals surface area contributed by atoms with Crippen molar-refractivity contribution in [3.05, 3.63) is 24.5 Å². The molecule has 0 saturated heterocycles. The normalized spacial score (nSPS) is 13.9. The number of nitrogens with two attached hydrogens (primary N) is 1. The van der Waals surface area contributed by atoms with E-state index in [0.29, 0.717) is 18.2 Å². The first-order valence-corrected chi connectivity index (χ1v) is 6.60. The molecule has 0 aliphatic carbocycles. The van der Waals surface area contributed by atoms with Crippen LogP contribution in [0.5, 0.6) is 5.75 Å². The third kappa shape index (κ3) is 5.70. The van der Waals surface area contributed by atoms with Crippen LogP contribution in [0.3, 0.4) is 0 Å². The SMILES string of the molecule is CC(C)CC(CN)NC(=O)C(C)Oc1cccnc1. The Balaban J connectivity index is 2.48. The Kier molecular flexibility index (Phi) is 6.29. The maximum absolute atomic E-state index is 12.0. The quantitative estimate of drug-likeness (QED) is 0.780. The number of aromatic nitrogens is 1. The zero-order chi connectivity index (χ0) is 14.3. The van der Waals surface area contributed by atoms with Gasteiger partial charge in [-0.05, 0) is 31.4 Å². The van der Waals surface area contributed by atoms with Crippen molar-refractivity contribution >= 4 is 5.91 Å². The third-order valence-corrected chi connectivity index (χ3v) is 2.70. The third-order valence-electron chi connectivity index (χ3n) is 2.70. The molecule has 0 aromatic carbocycles. The van der Waals surface area contributed by atoms with E-state index in [4.69, 9.17) is 10.5 Å². The highest BCUT2D eigenvalue weighted by molar-refractivity contribution is 5.81. The summed E-state index contributed by atoms with van der Waals surface area (Å²) in [6.45, 7) is 6.35. The number of carbonyl (C=O) groups excluding carboxylic acids is 1. The highest BCUT2D eigenvalue weighted by Crippen LogP contribution is 2.10. The number of amides is 1. The van der Waals surface area contributed by atoms with E-state index in [1.807, 2.05) is 0 Å². The second-order valence-electron chi connectivity index (χ2n) is 5.02. The molecule has 5 heteroatoms. The van der Waals surface area contributed by atoms with Crippen molar-refractivity contribution < 1.29 is 9.53 Å². The fourth-order valence-electron chi connectivity index (χ4n) is 1.78. The summed E-state index contributed by atoms with van der Waals surface area (Å²) < 4.78 is 5.51. The van der Waals surface area contributed by atoms with Crippen molar-refractivity contribution in [2.24, 2.45) is 11.7 Å². The standard InChI is InChI=1S/C14H23N3O2/c1-10(2)7-12(8-15)17-14(18)11(3)19-13-5-4-6-16-9-13/h4-6,9-12H,7-8,15H2,1-3H3,(H,17,18). The zero-order valence-electron chi connectivity index (χ0n) is 11.8. The van der Waals surface area contributed by atoms with E-state index in [1.165, 1.54) is 0 Å². The predicted molar refractivity (Wildman–Crippen MR) is 74.8 cm³/mol. The molecule has 106 valence electrons. The molecule has 0 spiro atoms. The molecule has 5 nitrogen and oxygen atoms in total. The number of nitrogens with zero attached hydrogens (tertiary/aromatic N) is 1. The van der Waals surface area contributed by atoms with Gasteiger partial charge in [0.05, 0.1) is 6.20 Å². The molecule has 2 unspecified atom stereocenters. The number of pyridine rings is 1. The summed E-state index contributed by atoms with van der Waals surface area (Å²) in [6.07, 6.45) is 3.54. The van der Waals surface area contributed by atoms with Crippen LogP contribution in [0, 0.1) is 5.92 Å². The Bertz CT molecular complexity index is 382. The largest absolute Gasteiger partial charge is 0.479 e. The van der Waals surface area contributed by atoms with E-state index >= 15 is 0 Å². The molecular formula is C14H23N3O2. The lowest BCUT2D eigenvalue weighted by molar-refractivity contribution is -0.128. The zero-order valence-corrected chi connectivity index (χ0v) is 11.8. The van der Waals surface area contributed by atoms with E-state index in [0.717, 1.165) is 6.42 Å². The van der Waals surface area contributed by atoms with E-state index < -0.39 is 6.10 Å². The van der Waals surface area contributed by atoms with Crippen LogP contribution >= 0.6 is 0 Å². The van der Waals surface area contributed by atoms with Crippen molar-refractivity contribution in [3.63, 3.8) is 0 Å². The molecular weight excluding hydrogens is 242 g/mol. The molecule has 0 aliphatic rings. The summed E-state index contributed by atoms with van der Waals surface area (Å²) >= 11 is 0. The van der Waals surface area contributed by atoms with Crippen LogP contribution in [0.2, 0.25) is 0 Å². The maximum atomic E-state index is 12.0. The molecule has 0 aliphatic heterocycles. The Morgan fingerprint density at radius 3 is 2.74 bits per heavy atom. The lowest BCUT2D eigenvalue weighted by Crippen LogP contribution is -2.46. The van der Waals surface area contributed by atoms with Crippen molar-refractivity contribution in [3.8, 4) is 5.75 Å². The van der Waals surface area contributed by atoms with Crippen LogP contribution in [0.15, 0.2) is 24.5 Å². The monoisotopic (exact) mass is 265 g/mol. The topological polar surface area (TPSA) is 77.2 Å². The lowest BCUT2D eigenvalue weighted by atomic mass is 10.0. The van der Waals surface area contributed by atoms with Gasteiger partial charge in [0.15, 0.2) is 6.10 Å². The van der Waals surface area contributed by atoms with Gasteiger partial charge in [-0.25, -0.2) is 0 Å². The maximum Gasteiger partial charge on any atom is 0.261 e. The molecule has 1 aromatic heterocycles. The fourth-order valence-corrected chi connectivity index (χ4v) is 1.78. The first kappa shape index (κ1) is 15.4. The number of ether oxygens (including phenoxy) is 1. The Hall–Kier alpha value is -1.62. The highest BCUT2D eigenvalue weighted by atomic mass is 16.5. The minimum absolute atomic E-state index is 0.00699. The van der Waals surface area contributed by atoms with Crippen LogP contribution in [0.1, 0.15) is 27.2 Å². The highest BCUT2D eigenvalue weighted by Gasteiger charge is 2.19. The summed E-state index contributed by atoms with van der Waals surface area (Å²) in [5.74, 6) is 0.918. The summed E-state index contributed by atoms with van der Waals surface area (Å²) in [6, 6.07) is 3.53. The molecule has 0 fully saturated rings. The Morgan fingerprint density at radius 1 is 1.47 bits per heavy atom. The average Bonchev–Trinajstić information content (AvgIpc) is 2.38. The van der Waals surface area contributed by atoms with Crippen molar-refractivity contribution in [1.29, 1.82) is 0 Å². The van der Waals surface area contributed by atoms with Gasteiger partial charge in [0, 0.05) is 18.8 Å². The van der Waals surface area contributed by atoms with Crippen LogP contribution < -0.4 is 15.8 Å². The molecule has 19 heavy (non-hydrogen) atoms. The number of nitrogens with one attached hydrogen (secondary N) is 1. The van der Waals surface area contributed by atoms with Gasteiger partial charge in [-0.2, -0.15) is 0 Å². The molecule has 0 radical (unpaired) electrons. The van der Waals surface area contributed by atoms with E-state index in [-0.39, 0.29) is 11.9 Å². The molecule has 1 heterocycles. The summed E-state index contributed by atoms with van der Waals surface area (Å²) in [5, 5.41) is 2.91. The summed E-state index contributed by atoms with van der Waals surface area (Å²) in [4.78, 5) is 15.9. The summed E-state index contributed by atoms with van der Waals surface area (Å²) in [5.41, 5.74) is 5.66. The Labute approximate surface area is 114 Å². The minimum atomic E-state index is -0.564. The Morgan fingerprint density at radius 2 is 2.21 bits per heavy atom. The predicted octanol–water partition coefficient (Wildman–Crippen LogP) is 1.34. The molecule has 1 amide bonds. The van der Waals surface area contributed by atoms with E-state index in [9.17, 15) is 4.79 Å². The van der Waals surface area contributed by atoms with Gasteiger partial charge >= 0.3 is 0 Å². The first-order valence-electron chi connectivity index (χ1n) is 6.60. The number of rotatable bonds is 7. The van der Waals surface area contributed by atoms with Gasteiger partial charge in [0.1, 0.15) is 5.75 Å². The van der Waals surface area contributed by atoms with E-state index in [2.05, 4.69) is 24.1 Å². The average molecular weight is 265 g/mol. The second kappa shape index (κ2) is 7.74.